The molecule has 1 aliphatic rings. The Hall–Kier alpha value is -2.21. The molecule has 23 heavy (non-hydrogen) atoms. The van der Waals surface area contributed by atoms with Crippen molar-refractivity contribution >= 4 is 5.91 Å². The Morgan fingerprint density at radius 3 is 2.78 bits per heavy atom. The third-order valence-electron chi connectivity index (χ3n) is 4.22. The number of benzene rings is 1. The number of aryl methyl sites for hydroxylation is 1. The molecule has 0 bridgehead atoms. The molecule has 1 aliphatic heterocycles. The van der Waals surface area contributed by atoms with E-state index < -0.39 is 0 Å². The first-order chi connectivity index (χ1) is 11.3. The minimum Gasteiger partial charge on any atom is -0.381 e. The first-order valence-electron chi connectivity index (χ1n) is 8.08. The first kappa shape index (κ1) is 15.7. The topological polar surface area (TPSA) is 69.0 Å². The Balaban J connectivity index is 1.65. The summed E-state index contributed by atoms with van der Waals surface area (Å²) in [6, 6.07) is 10.1. The van der Waals surface area contributed by atoms with Gasteiger partial charge in [0.25, 0.3) is 0 Å². The van der Waals surface area contributed by atoms with Gasteiger partial charge in [-0.2, -0.15) is 5.10 Å². The maximum Gasteiger partial charge on any atom is 0.223 e. The molecular weight excluding hydrogens is 292 g/mol. The van der Waals surface area contributed by atoms with E-state index in [2.05, 4.69) is 27.5 Å². The summed E-state index contributed by atoms with van der Waals surface area (Å²) in [5.74, 6) is 0.182. The number of ether oxygens (including phenoxy) is 1. The molecule has 1 saturated heterocycles. The smallest absolute Gasteiger partial charge is 0.223 e. The van der Waals surface area contributed by atoms with Gasteiger partial charge in [0, 0.05) is 25.7 Å². The molecule has 3 rings (SSSR count). The van der Waals surface area contributed by atoms with Gasteiger partial charge in [0.2, 0.25) is 5.91 Å². The van der Waals surface area contributed by atoms with Crippen LogP contribution < -0.4 is 5.32 Å². The van der Waals surface area contributed by atoms with Crippen LogP contribution in [0.2, 0.25) is 0 Å². The molecule has 122 valence electrons. The zero-order valence-corrected chi connectivity index (χ0v) is 13.1. The first-order valence-corrected chi connectivity index (χ1v) is 8.08. The molecule has 1 aromatic heterocycles. The molecule has 1 N–H and O–H groups in total. The molecule has 1 atom stereocenters. The number of hydrogen-bond donors (Lipinski definition) is 1. The molecule has 6 nitrogen and oxygen atoms in total. The van der Waals surface area contributed by atoms with E-state index in [1.54, 1.807) is 11.0 Å². The van der Waals surface area contributed by atoms with Crippen molar-refractivity contribution in [2.24, 2.45) is 5.92 Å². The van der Waals surface area contributed by atoms with Gasteiger partial charge < -0.3 is 10.1 Å². The summed E-state index contributed by atoms with van der Waals surface area (Å²) in [5.41, 5.74) is 1.12. The third-order valence-corrected chi connectivity index (χ3v) is 4.22. The van der Waals surface area contributed by atoms with E-state index in [-0.39, 0.29) is 17.9 Å². The fourth-order valence-electron chi connectivity index (χ4n) is 2.87. The summed E-state index contributed by atoms with van der Waals surface area (Å²) >= 11 is 0. The molecule has 2 heterocycles. The van der Waals surface area contributed by atoms with Crippen molar-refractivity contribution in [3.8, 4) is 0 Å². The normalized spacial score (nSPS) is 16.9. The fourth-order valence-corrected chi connectivity index (χ4v) is 2.87. The van der Waals surface area contributed by atoms with Crippen molar-refractivity contribution in [1.82, 2.24) is 20.1 Å². The van der Waals surface area contributed by atoms with Gasteiger partial charge in [-0.05, 0) is 24.8 Å². The molecule has 0 aliphatic carbocycles. The van der Waals surface area contributed by atoms with E-state index in [9.17, 15) is 4.79 Å². The van der Waals surface area contributed by atoms with Crippen molar-refractivity contribution in [1.29, 1.82) is 0 Å². The van der Waals surface area contributed by atoms with Crippen LogP contribution >= 0.6 is 0 Å². The number of nitrogens with one attached hydrogen (secondary N) is 1. The second kappa shape index (κ2) is 7.87. The van der Waals surface area contributed by atoms with Crippen LogP contribution in [0.3, 0.4) is 0 Å². The highest BCUT2D eigenvalue weighted by Crippen LogP contribution is 2.21. The SMILES string of the molecule is O=C(N[C@@H](CCn1cncn1)c1ccccc1)C1CCOCC1. The summed E-state index contributed by atoms with van der Waals surface area (Å²) in [6.45, 7) is 2.06. The summed E-state index contributed by atoms with van der Waals surface area (Å²) in [6.07, 6.45) is 5.61. The van der Waals surface area contributed by atoms with Crippen molar-refractivity contribution in [3.05, 3.63) is 48.5 Å². The number of rotatable bonds is 6. The van der Waals surface area contributed by atoms with Crippen LogP contribution in [0, 0.1) is 5.92 Å². The lowest BCUT2D eigenvalue weighted by molar-refractivity contribution is -0.128. The van der Waals surface area contributed by atoms with E-state index in [0.717, 1.165) is 24.8 Å². The van der Waals surface area contributed by atoms with Crippen molar-refractivity contribution in [2.45, 2.75) is 31.8 Å². The number of aromatic nitrogens is 3. The maximum absolute atomic E-state index is 12.5. The van der Waals surface area contributed by atoms with Gasteiger partial charge in [0.15, 0.2) is 0 Å². The van der Waals surface area contributed by atoms with Gasteiger partial charge in [0.05, 0.1) is 6.04 Å². The number of amides is 1. The second-order valence-corrected chi connectivity index (χ2v) is 5.81. The third kappa shape index (κ3) is 4.39. The van der Waals surface area contributed by atoms with Crippen LogP contribution in [0.15, 0.2) is 43.0 Å². The summed E-state index contributed by atoms with van der Waals surface area (Å²) < 4.78 is 7.13. The van der Waals surface area contributed by atoms with Crippen LogP contribution in [0.4, 0.5) is 0 Å². The molecule has 0 unspecified atom stereocenters. The Morgan fingerprint density at radius 1 is 1.30 bits per heavy atom. The van der Waals surface area contributed by atoms with Gasteiger partial charge in [-0.25, -0.2) is 4.98 Å². The van der Waals surface area contributed by atoms with Gasteiger partial charge in [0.1, 0.15) is 12.7 Å². The van der Waals surface area contributed by atoms with Crippen molar-refractivity contribution < 1.29 is 9.53 Å². The Bertz CT molecular complexity index is 594. The largest absolute Gasteiger partial charge is 0.381 e. The Kier molecular flexibility index (Phi) is 5.37. The summed E-state index contributed by atoms with van der Waals surface area (Å²) in [5, 5.41) is 7.34. The standard InChI is InChI=1S/C17H22N4O2/c22-17(15-7-10-23-11-8-15)20-16(14-4-2-1-3-5-14)6-9-21-13-18-12-19-21/h1-5,12-13,15-16H,6-11H2,(H,20,22)/t16-/m0/s1. The molecule has 1 amide bonds. The molecule has 6 heteroatoms. The molecule has 0 radical (unpaired) electrons. The van der Waals surface area contributed by atoms with E-state index >= 15 is 0 Å². The number of carbonyl (C=O) groups excluding carboxylic acids is 1. The van der Waals surface area contributed by atoms with E-state index in [1.165, 1.54) is 6.33 Å². The predicted octanol–water partition coefficient (Wildman–Crippen LogP) is 1.95. The zero-order valence-electron chi connectivity index (χ0n) is 13.1. The predicted molar refractivity (Wildman–Crippen MR) is 85.5 cm³/mol. The van der Waals surface area contributed by atoms with Crippen LogP contribution in [0.1, 0.15) is 30.9 Å². The molecule has 2 aromatic rings. The van der Waals surface area contributed by atoms with Crippen LogP contribution in [0.5, 0.6) is 0 Å². The average molecular weight is 314 g/mol. The lowest BCUT2D eigenvalue weighted by Crippen LogP contribution is -2.37. The fraction of sp³-hybridized carbons (Fsp3) is 0.471. The molecule has 1 fully saturated rings. The van der Waals surface area contributed by atoms with Crippen molar-refractivity contribution in [2.75, 3.05) is 13.2 Å². The van der Waals surface area contributed by atoms with Crippen LogP contribution in [0.25, 0.3) is 0 Å². The van der Waals surface area contributed by atoms with Crippen molar-refractivity contribution in [3.63, 3.8) is 0 Å². The quantitative estimate of drug-likeness (QED) is 0.885. The average Bonchev–Trinajstić information content (AvgIpc) is 3.13. The lowest BCUT2D eigenvalue weighted by Gasteiger charge is -2.25. The number of carbonyl (C=O) groups is 1. The van der Waals surface area contributed by atoms with Gasteiger partial charge in [-0.1, -0.05) is 30.3 Å². The van der Waals surface area contributed by atoms with E-state index in [4.69, 9.17) is 4.74 Å². The highest BCUT2D eigenvalue weighted by Gasteiger charge is 2.24. The second-order valence-electron chi connectivity index (χ2n) is 5.81. The van der Waals surface area contributed by atoms with Gasteiger partial charge in [-0.15, -0.1) is 0 Å². The van der Waals surface area contributed by atoms with Crippen LogP contribution in [-0.4, -0.2) is 33.9 Å². The maximum atomic E-state index is 12.5. The minimum absolute atomic E-state index is 0.0178. The highest BCUT2D eigenvalue weighted by atomic mass is 16.5. The zero-order chi connectivity index (χ0) is 15.9. The minimum atomic E-state index is -0.0178. The Labute approximate surface area is 135 Å². The van der Waals surface area contributed by atoms with Gasteiger partial charge >= 0.3 is 0 Å². The summed E-state index contributed by atoms with van der Waals surface area (Å²) in [4.78, 5) is 16.5. The number of hydrogen-bond acceptors (Lipinski definition) is 4. The van der Waals surface area contributed by atoms with Crippen LogP contribution in [-0.2, 0) is 16.1 Å². The summed E-state index contributed by atoms with van der Waals surface area (Å²) in [7, 11) is 0. The molecule has 1 aromatic carbocycles. The molecule has 0 spiro atoms. The molecular formula is C17H22N4O2. The Morgan fingerprint density at radius 2 is 2.09 bits per heavy atom. The lowest BCUT2D eigenvalue weighted by atomic mass is 9.97. The van der Waals surface area contributed by atoms with E-state index in [1.807, 2.05) is 18.2 Å². The number of nitrogens with zero attached hydrogens (tertiary/aromatic N) is 3. The van der Waals surface area contributed by atoms with Gasteiger partial charge in [-0.3, -0.25) is 9.48 Å². The highest BCUT2D eigenvalue weighted by molar-refractivity contribution is 5.79. The molecule has 0 saturated carbocycles. The van der Waals surface area contributed by atoms with E-state index in [0.29, 0.717) is 19.8 Å². The monoisotopic (exact) mass is 314 g/mol.